The van der Waals surface area contributed by atoms with Gasteiger partial charge in [0.15, 0.2) is 5.82 Å². The van der Waals surface area contributed by atoms with Gasteiger partial charge in [0.05, 0.1) is 5.92 Å². The Bertz CT molecular complexity index is 412. The minimum absolute atomic E-state index is 0.0290. The number of hydrogen-bond donors (Lipinski definition) is 1. The normalized spacial score (nSPS) is 21.0. The molecule has 0 unspecified atom stereocenters. The second kappa shape index (κ2) is 3.38. The van der Waals surface area contributed by atoms with Crippen molar-refractivity contribution < 1.29 is 19.2 Å². The van der Waals surface area contributed by atoms with Crippen molar-refractivity contribution in [2.24, 2.45) is 5.92 Å². The molecule has 1 saturated heterocycles. The summed E-state index contributed by atoms with van der Waals surface area (Å²) in [5.74, 6) is -0.839. The molecule has 1 N–H and O–H groups in total. The highest BCUT2D eigenvalue weighted by Gasteiger charge is 2.36. The van der Waals surface area contributed by atoms with Gasteiger partial charge in [-0.15, -0.1) is 0 Å². The molecule has 0 saturated carbocycles. The van der Waals surface area contributed by atoms with Crippen LogP contribution in [-0.4, -0.2) is 28.7 Å². The number of carboxylic acids is 1. The predicted octanol–water partition coefficient (Wildman–Crippen LogP) is 0.421. The molecule has 0 spiro atoms. The summed E-state index contributed by atoms with van der Waals surface area (Å²) in [7, 11) is 0. The lowest BCUT2D eigenvalue weighted by atomic mass is 10.1. The lowest BCUT2D eigenvalue weighted by Gasteiger charge is -2.10. The van der Waals surface area contributed by atoms with Crippen LogP contribution >= 0.6 is 0 Å². The lowest BCUT2D eigenvalue weighted by molar-refractivity contribution is -0.141. The van der Waals surface area contributed by atoms with Crippen LogP contribution in [0.2, 0.25) is 0 Å². The molecule has 1 amide bonds. The molecule has 1 aliphatic heterocycles. The van der Waals surface area contributed by atoms with Crippen LogP contribution in [0.3, 0.4) is 0 Å². The fraction of sp³-hybridized carbons (Fsp3) is 0.444. The predicted molar refractivity (Wildman–Crippen MR) is 49.3 cm³/mol. The average molecular weight is 210 g/mol. The van der Waals surface area contributed by atoms with E-state index in [4.69, 9.17) is 9.63 Å². The van der Waals surface area contributed by atoms with Crippen LogP contribution in [0.25, 0.3) is 0 Å². The Labute approximate surface area is 85.5 Å². The highest BCUT2D eigenvalue weighted by atomic mass is 16.5. The van der Waals surface area contributed by atoms with Crippen molar-refractivity contribution in [1.82, 2.24) is 5.16 Å². The van der Waals surface area contributed by atoms with E-state index in [1.54, 1.807) is 13.0 Å². The Hall–Kier alpha value is -1.85. The molecule has 6 heteroatoms. The molecule has 1 aliphatic rings. The molecule has 1 aromatic heterocycles. The van der Waals surface area contributed by atoms with Gasteiger partial charge in [0.1, 0.15) is 5.76 Å². The number of carboxylic acid groups (broad SMARTS) is 1. The fourth-order valence-electron chi connectivity index (χ4n) is 1.57. The molecule has 2 rings (SSSR count). The largest absolute Gasteiger partial charge is 0.481 e. The quantitative estimate of drug-likeness (QED) is 0.764. The average Bonchev–Trinajstić information content (AvgIpc) is 2.71. The smallest absolute Gasteiger partial charge is 0.308 e. The summed E-state index contributed by atoms with van der Waals surface area (Å²) < 4.78 is 4.83. The van der Waals surface area contributed by atoms with Crippen LogP contribution in [0, 0.1) is 12.8 Å². The van der Waals surface area contributed by atoms with Gasteiger partial charge in [-0.2, -0.15) is 0 Å². The maximum atomic E-state index is 11.5. The molecule has 6 nitrogen and oxygen atoms in total. The highest BCUT2D eigenvalue weighted by molar-refractivity contribution is 5.98. The van der Waals surface area contributed by atoms with E-state index in [9.17, 15) is 9.59 Å². The zero-order valence-electron chi connectivity index (χ0n) is 8.14. The number of aryl methyl sites for hydroxylation is 1. The van der Waals surface area contributed by atoms with Crippen LogP contribution in [0.15, 0.2) is 10.6 Å². The summed E-state index contributed by atoms with van der Waals surface area (Å²) >= 11 is 0. The van der Waals surface area contributed by atoms with E-state index in [-0.39, 0.29) is 18.9 Å². The Kier molecular flexibility index (Phi) is 2.18. The van der Waals surface area contributed by atoms with Gasteiger partial charge < -0.3 is 9.63 Å². The summed E-state index contributed by atoms with van der Waals surface area (Å²) in [5, 5.41) is 12.5. The summed E-state index contributed by atoms with van der Waals surface area (Å²) in [6, 6.07) is 1.61. The van der Waals surface area contributed by atoms with E-state index in [1.807, 2.05) is 0 Å². The number of anilines is 1. The van der Waals surface area contributed by atoms with Crippen LogP contribution < -0.4 is 4.90 Å². The van der Waals surface area contributed by atoms with Gasteiger partial charge in [-0.1, -0.05) is 5.16 Å². The number of nitrogens with zero attached hydrogens (tertiary/aromatic N) is 2. The third-order valence-electron chi connectivity index (χ3n) is 2.37. The molecule has 0 aliphatic carbocycles. The SMILES string of the molecule is Cc1cc(N2C[C@H](C(=O)O)CC2=O)no1. The minimum Gasteiger partial charge on any atom is -0.481 e. The van der Waals surface area contributed by atoms with Crippen molar-refractivity contribution >= 4 is 17.7 Å². The summed E-state index contributed by atoms with van der Waals surface area (Å²) in [6.45, 7) is 1.88. The van der Waals surface area contributed by atoms with Crippen molar-refractivity contribution in [2.75, 3.05) is 11.4 Å². The Morgan fingerprint density at radius 2 is 2.47 bits per heavy atom. The lowest BCUT2D eigenvalue weighted by Crippen LogP contribution is -2.25. The maximum absolute atomic E-state index is 11.5. The van der Waals surface area contributed by atoms with Crippen molar-refractivity contribution in [3.8, 4) is 0 Å². The van der Waals surface area contributed by atoms with E-state index < -0.39 is 11.9 Å². The first-order chi connectivity index (χ1) is 7.08. The molecule has 0 bridgehead atoms. The van der Waals surface area contributed by atoms with Crippen molar-refractivity contribution in [3.63, 3.8) is 0 Å². The third-order valence-corrected chi connectivity index (χ3v) is 2.37. The van der Waals surface area contributed by atoms with Crippen LogP contribution in [-0.2, 0) is 9.59 Å². The summed E-state index contributed by atoms with van der Waals surface area (Å²) in [6.07, 6.45) is 0.0290. The third kappa shape index (κ3) is 1.70. The van der Waals surface area contributed by atoms with E-state index in [0.29, 0.717) is 11.6 Å². The molecule has 2 heterocycles. The first kappa shape index (κ1) is 9.70. The number of carbonyl (C=O) groups excluding carboxylic acids is 1. The van der Waals surface area contributed by atoms with Crippen LogP contribution in [0.1, 0.15) is 12.2 Å². The second-order valence-corrected chi connectivity index (χ2v) is 3.54. The molecule has 1 atom stereocenters. The Morgan fingerprint density at radius 3 is 2.93 bits per heavy atom. The maximum Gasteiger partial charge on any atom is 0.308 e. The number of rotatable bonds is 2. The molecule has 15 heavy (non-hydrogen) atoms. The molecular formula is C9H10N2O4. The van der Waals surface area contributed by atoms with Crippen molar-refractivity contribution in [3.05, 3.63) is 11.8 Å². The van der Waals surface area contributed by atoms with E-state index >= 15 is 0 Å². The monoisotopic (exact) mass is 210 g/mol. The number of amides is 1. The topological polar surface area (TPSA) is 83.6 Å². The summed E-state index contributed by atoms with van der Waals surface area (Å²) in [4.78, 5) is 23.5. The zero-order chi connectivity index (χ0) is 11.0. The van der Waals surface area contributed by atoms with Gasteiger partial charge >= 0.3 is 5.97 Å². The molecule has 1 fully saturated rings. The zero-order valence-corrected chi connectivity index (χ0v) is 8.14. The number of carbonyl (C=O) groups is 2. The molecule has 0 aromatic carbocycles. The number of aliphatic carboxylic acids is 1. The van der Waals surface area contributed by atoms with Crippen molar-refractivity contribution in [2.45, 2.75) is 13.3 Å². The first-order valence-corrected chi connectivity index (χ1v) is 4.54. The second-order valence-electron chi connectivity index (χ2n) is 3.54. The van der Waals surface area contributed by atoms with E-state index in [2.05, 4.69) is 5.16 Å². The Morgan fingerprint density at radius 1 is 1.73 bits per heavy atom. The number of aromatic nitrogens is 1. The molecular weight excluding hydrogens is 200 g/mol. The fourth-order valence-corrected chi connectivity index (χ4v) is 1.57. The minimum atomic E-state index is -0.953. The van der Waals surface area contributed by atoms with Gasteiger partial charge in [-0.25, -0.2) is 0 Å². The van der Waals surface area contributed by atoms with Crippen LogP contribution in [0.4, 0.5) is 5.82 Å². The van der Waals surface area contributed by atoms with Gasteiger partial charge in [-0.05, 0) is 6.92 Å². The molecule has 80 valence electrons. The molecule has 1 aromatic rings. The van der Waals surface area contributed by atoms with Gasteiger partial charge in [0, 0.05) is 19.0 Å². The van der Waals surface area contributed by atoms with Gasteiger partial charge in [0.25, 0.3) is 0 Å². The van der Waals surface area contributed by atoms with Crippen molar-refractivity contribution in [1.29, 1.82) is 0 Å². The standard InChI is InChI=1S/C9H10N2O4/c1-5-2-7(10-15-5)11-4-6(9(13)14)3-8(11)12/h2,6H,3-4H2,1H3,(H,13,14)/t6-/m1/s1. The van der Waals surface area contributed by atoms with Gasteiger partial charge in [0.2, 0.25) is 5.91 Å². The van der Waals surface area contributed by atoms with E-state index in [1.165, 1.54) is 4.90 Å². The number of hydrogen-bond acceptors (Lipinski definition) is 4. The Balaban J connectivity index is 2.18. The van der Waals surface area contributed by atoms with Crippen LogP contribution in [0.5, 0.6) is 0 Å². The summed E-state index contributed by atoms with van der Waals surface area (Å²) in [5.41, 5.74) is 0. The van der Waals surface area contributed by atoms with Gasteiger partial charge in [-0.3, -0.25) is 14.5 Å². The molecule has 0 radical (unpaired) electrons. The first-order valence-electron chi connectivity index (χ1n) is 4.54. The highest BCUT2D eigenvalue weighted by Crippen LogP contribution is 2.24. The van der Waals surface area contributed by atoms with E-state index in [0.717, 1.165) is 0 Å².